The normalized spacial score (nSPS) is 17.6. The number of carbonyl (C=O) groups excluding carboxylic acids is 1. The summed E-state index contributed by atoms with van der Waals surface area (Å²) in [6.07, 6.45) is 7.07. The molecule has 1 aliphatic heterocycles. The number of fused-ring (bicyclic) bond motifs is 1. The third kappa shape index (κ3) is 3.99. The zero-order valence-corrected chi connectivity index (χ0v) is 13.5. The minimum absolute atomic E-state index is 0.00220. The average molecular weight is 313 g/mol. The van der Waals surface area contributed by atoms with Crippen molar-refractivity contribution in [3.05, 3.63) is 54.1 Å². The van der Waals surface area contributed by atoms with Gasteiger partial charge in [0.1, 0.15) is 0 Å². The highest BCUT2D eigenvalue weighted by Gasteiger charge is 2.24. The number of rotatable bonds is 5. The zero-order chi connectivity index (χ0) is 16.1. The molecule has 0 saturated heterocycles. The molecule has 3 heterocycles. The predicted molar refractivity (Wildman–Crippen MR) is 87.6 cm³/mol. The highest BCUT2D eigenvalue weighted by Crippen LogP contribution is 2.17. The highest BCUT2D eigenvalue weighted by atomic mass is 16.5. The Kier molecular flexibility index (Phi) is 5.08. The van der Waals surface area contributed by atoms with Gasteiger partial charge in [0.05, 0.1) is 25.8 Å². The van der Waals surface area contributed by atoms with E-state index in [9.17, 15) is 4.79 Å². The molecule has 2 aromatic rings. The Labute approximate surface area is 136 Å². The largest absolute Gasteiger partial charge is 0.370 e. The van der Waals surface area contributed by atoms with Crippen LogP contribution in [0, 0.1) is 0 Å². The fraction of sp³-hybridized carbons (Fsp3) is 0.444. The minimum Gasteiger partial charge on any atom is -0.370 e. The van der Waals surface area contributed by atoms with Crippen LogP contribution in [-0.2, 0) is 29.2 Å². The van der Waals surface area contributed by atoms with E-state index in [1.807, 2.05) is 30.0 Å². The van der Waals surface area contributed by atoms with Gasteiger partial charge in [-0.2, -0.15) is 0 Å². The molecule has 122 valence electrons. The lowest BCUT2D eigenvalue weighted by atomic mass is 10.2. The quantitative estimate of drug-likeness (QED) is 0.852. The van der Waals surface area contributed by atoms with Gasteiger partial charge in [0.25, 0.3) is 0 Å². The molecule has 0 bridgehead atoms. The molecule has 0 unspecified atom stereocenters. The molecule has 3 rings (SSSR count). The minimum atomic E-state index is -0.00220. The number of carbonyl (C=O) groups is 1. The number of aromatic nitrogens is 2. The van der Waals surface area contributed by atoms with Crippen LogP contribution in [0.1, 0.15) is 31.0 Å². The van der Waals surface area contributed by atoms with Crippen LogP contribution in [0.4, 0.5) is 0 Å². The van der Waals surface area contributed by atoms with Crippen LogP contribution >= 0.6 is 0 Å². The van der Waals surface area contributed by atoms with Crippen LogP contribution in [0.15, 0.2) is 42.9 Å². The van der Waals surface area contributed by atoms with E-state index in [4.69, 9.17) is 4.74 Å². The molecule has 2 aromatic heterocycles. The van der Waals surface area contributed by atoms with Gasteiger partial charge in [-0.3, -0.25) is 9.78 Å². The van der Waals surface area contributed by atoms with E-state index in [-0.39, 0.29) is 12.0 Å². The van der Waals surface area contributed by atoms with E-state index in [1.54, 1.807) is 12.4 Å². The highest BCUT2D eigenvalue weighted by molar-refractivity contribution is 5.76. The van der Waals surface area contributed by atoms with Crippen molar-refractivity contribution in [2.75, 3.05) is 6.54 Å². The first-order chi connectivity index (χ1) is 11.3. The number of pyridine rings is 1. The van der Waals surface area contributed by atoms with Crippen LogP contribution in [0.3, 0.4) is 0 Å². The number of ether oxygens (including phenoxy) is 1. The van der Waals surface area contributed by atoms with Gasteiger partial charge in [-0.15, -0.1) is 0 Å². The zero-order valence-electron chi connectivity index (χ0n) is 13.5. The van der Waals surface area contributed by atoms with Gasteiger partial charge in [-0.25, -0.2) is 0 Å². The Morgan fingerprint density at radius 2 is 2.13 bits per heavy atom. The van der Waals surface area contributed by atoms with Gasteiger partial charge >= 0.3 is 0 Å². The van der Waals surface area contributed by atoms with E-state index < -0.39 is 0 Å². The molecule has 5 nitrogen and oxygen atoms in total. The van der Waals surface area contributed by atoms with Gasteiger partial charge in [0, 0.05) is 37.3 Å². The molecule has 0 saturated carbocycles. The van der Waals surface area contributed by atoms with Crippen molar-refractivity contribution in [2.45, 2.75) is 45.6 Å². The lowest BCUT2D eigenvalue weighted by Gasteiger charge is -2.24. The molecule has 0 radical (unpaired) electrons. The van der Waals surface area contributed by atoms with Crippen LogP contribution in [0.5, 0.6) is 0 Å². The molecule has 0 aliphatic carbocycles. The number of hydrogen-bond acceptors (Lipinski definition) is 3. The molecule has 0 fully saturated rings. The summed E-state index contributed by atoms with van der Waals surface area (Å²) >= 11 is 0. The van der Waals surface area contributed by atoms with Gasteiger partial charge in [0.15, 0.2) is 0 Å². The van der Waals surface area contributed by atoms with Crippen molar-refractivity contribution in [3.63, 3.8) is 0 Å². The van der Waals surface area contributed by atoms with Gasteiger partial charge in [0.2, 0.25) is 5.91 Å². The second-order valence-corrected chi connectivity index (χ2v) is 5.96. The summed E-state index contributed by atoms with van der Waals surface area (Å²) in [5.41, 5.74) is 2.27. The molecule has 0 N–H and O–H groups in total. The maximum absolute atomic E-state index is 12.4. The van der Waals surface area contributed by atoms with E-state index in [1.165, 1.54) is 5.69 Å². The van der Waals surface area contributed by atoms with Crippen molar-refractivity contribution in [1.29, 1.82) is 0 Å². The van der Waals surface area contributed by atoms with E-state index >= 15 is 0 Å². The molecule has 23 heavy (non-hydrogen) atoms. The monoisotopic (exact) mass is 313 g/mol. The molecule has 1 aliphatic rings. The smallest absolute Gasteiger partial charge is 0.222 e. The topological polar surface area (TPSA) is 47.4 Å². The first-order valence-corrected chi connectivity index (χ1v) is 8.18. The standard InChI is InChI=1S/C18H23N3O2/c1-2-4-18(22)21-11-16-5-3-10-20(16)12-17(13-21)23-14-15-6-8-19-9-7-15/h3,5-10,17H,2,4,11-14H2,1H3/t17-/m1/s1. The van der Waals surface area contributed by atoms with Gasteiger partial charge < -0.3 is 14.2 Å². The third-order valence-electron chi connectivity index (χ3n) is 4.15. The molecule has 1 amide bonds. The van der Waals surface area contributed by atoms with Crippen LogP contribution in [-0.4, -0.2) is 33.0 Å². The Hall–Kier alpha value is -2.14. The van der Waals surface area contributed by atoms with Gasteiger partial charge in [-0.1, -0.05) is 6.92 Å². The number of amides is 1. The lowest BCUT2D eigenvalue weighted by Crippen LogP contribution is -2.37. The first kappa shape index (κ1) is 15.7. The summed E-state index contributed by atoms with van der Waals surface area (Å²) in [7, 11) is 0. The SMILES string of the molecule is CCCC(=O)N1Cc2cccn2C[C@@H](OCc2ccncc2)C1. The van der Waals surface area contributed by atoms with Crippen molar-refractivity contribution in [1.82, 2.24) is 14.5 Å². The third-order valence-corrected chi connectivity index (χ3v) is 4.15. The summed E-state index contributed by atoms with van der Waals surface area (Å²) in [6, 6.07) is 8.02. The van der Waals surface area contributed by atoms with Crippen molar-refractivity contribution in [3.8, 4) is 0 Å². The lowest BCUT2D eigenvalue weighted by molar-refractivity contribution is -0.133. The van der Waals surface area contributed by atoms with Crippen molar-refractivity contribution < 1.29 is 9.53 Å². The van der Waals surface area contributed by atoms with Gasteiger partial charge in [-0.05, 0) is 36.2 Å². The number of hydrogen-bond donors (Lipinski definition) is 0. The number of nitrogens with zero attached hydrogens (tertiary/aromatic N) is 3. The maximum atomic E-state index is 12.4. The maximum Gasteiger partial charge on any atom is 0.222 e. The van der Waals surface area contributed by atoms with E-state index in [2.05, 4.69) is 21.8 Å². The van der Waals surface area contributed by atoms with Crippen molar-refractivity contribution >= 4 is 5.91 Å². The Morgan fingerprint density at radius 3 is 2.91 bits per heavy atom. The van der Waals surface area contributed by atoms with Crippen molar-refractivity contribution in [2.24, 2.45) is 0 Å². The average Bonchev–Trinajstić information content (AvgIpc) is 2.92. The Balaban J connectivity index is 1.70. The molecule has 0 spiro atoms. The second kappa shape index (κ2) is 7.42. The van der Waals surface area contributed by atoms with Crippen LogP contribution in [0.25, 0.3) is 0 Å². The molecule has 0 aromatic carbocycles. The Morgan fingerprint density at radius 1 is 1.30 bits per heavy atom. The fourth-order valence-corrected chi connectivity index (χ4v) is 2.91. The Bertz CT molecular complexity index is 639. The first-order valence-electron chi connectivity index (χ1n) is 8.18. The second-order valence-electron chi connectivity index (χ2n) is 5.96. The molecular weight excluding hydrogens is 290 g/mol. The predicted octanol–water partition coefficient (Wildman–Crippen LogP) is 2.61. The summed E-state index contributed by atoms with van der Waals surface area (Å²) in [5.74, 6) is 0.208. The summed E-state index contributed by atoms with van der Waals surface area (Å²) in [5, 5.41) is 0. The molecular formula is C18H23N3O2. The summed E-state index contributed by atoms with van der Waals surface area (Å²) in [4.78, 5) is 18.3. The van der Waals surface area contributed by atoms with E-state index in [0.717, 1.165) is 18.5 Å². The van der Waals surface area contributed by atoms with E-state index in [0.29, 0.717) is 26.1 Å². The summed E-state index contributed by atoms with van der Waals surface area (Å²) < 4.78 is 8.28. The fourth-order valence-electron chi connectivity index (χ4n) is 2.91. The summed E-state index contributed by atoms with van der Waals surface area (Å²) in [6.45, 7) is 4.67. The van der Waals surface area contributed by atoms with Crippen LogP contribution < -0.4 is 0 Å². The molecule has 5 heteroatoms. The van der Waals surface area contributed by atoms with Crippen LogP contribution in [0.2, 0.25) is 0 Å². The molecule has 1 atom stereocenters.